The summed E-state index contributed by atoms with van der Waals surface area (Å²) in [5.41, 5.74) is 1.84. The van der Waals surface area contributed by atoms with Gasteiger partial charge in [-0.15, -0.1) is 10.2 Å². The molecule has 0 bridgehead atoms. The molecule has 0 saturated carbocycles. The predicted molar refractivity (Wildman–Crippen MR) is 106 cm³/mol. The zero-order valence-electron chi connectivity index (χ0n) is 16.0. The molecule has 28 heavy (non-hydrogen) atoms. The first-order chi connectivity index (χ1) is 13.7. The lowest BCUT2D eigenvalue weighted by Gasteiger charge is -2.18. The van der Waals surface area contributed by atoms with Gasteiger partial charge in [0.2, 0.25) is 0 Å². The maximum Gasteiger partial charge on any atom is 0.260 e. The Morgan fingerprint density at radius 1 is 1.14 bits per heavy atom. The summed E-state index contributed by atoms with van der Waals surface area (Å²) in [6, 6.07) is 13.7. The molecule has 1 aromatic carbocycles. The van der Waals surface area contributed by atoms with E-state index in [4.69, 9.17) is 4.74 Å². The van der Waals surface area contributed by atoms with Gasteiger partial charge in [-0.05, 0) is 38.0 Å². The molecule has 1 aliphatic heterocycles. The summed E-state index contributed by atoms with van der Waals surface area (Å²) in [5, 5.41) is 12.0. The van der Waals surface area contributed by atoms with Crippen molar-refractivity contribution in [2.45, 2.75) is 32.4 Å². The monoisotopic (exact) mass is 379 g/mol. The van der Waals surface area contributed by atoms with Crippen molar-refractivity contribution in [2.75, 3.05) is 19.7 Å². The van der Waals surface area contributed by atoms with Crippen LogP contribution in [0.2, 0.25) is 0 Å². The van der Waals surface area contributed by atoms with Gasteiger partial charge in [-0.2, -0.15) is 0 Å². The Bertz CT molecular complexity index is 949. The summed E-state index contributed by atoms with van der Waals surface area (Å²) in [5.74, 6) is 1.66. The molecule has 7 heteroatoms. The molecule has 1 amide bonds. The third kappa shape index (κ3) is 3.99. The third-order valence-electron chi connectivity index (χ3n) is 5.11. The molecular weight excluding hydrogens is 354 g/mol. The summed E-state index contributed by atoms with van der Waals surface area (Å²) in [7, 11) is 0. The number of hydrogen-bond acceptors (Lipinski definition) is 5. The van der Waals surface area contributed by atoms with E-state index in [-0.39, 0.29) is 18.6 Å². The quantitative estimate of drug-likeness (QED) is 0.683. The summed E-state index contributed by atoms with van der Waals surface area (Å²) in [6.07, 6.45) is 4.13. The largest absolute Gasteiger partial charge is 0.483 e. The number of carbonyl (C=O) groups excluding carboxylic acids is 1. The van der Waals surface area contributed by atoms with E-state index >= 15 is 0 Å². The number of rotatable bonds is 7. The second-order valence-corrected chi connectivity index (χ2v) is 7.07. The topological polar surface area (TPSA) is 71.8 Å². The van der Waals surface area contributed by atoms with E-state index in [9.17, 15) is 4.79 Å². The molecule has 146 valence electrons. The van der Waals surface area contributed by atoms with Crippen LogP contribution in [0, 0.1) is 0 Å². The molecule has 2 aromatic heterocycles. The van der Waals surface area contributed by atoms with E-state index in [1.54, 1.807) is 0 Å². The average Bonchev–Trinajstić information content (AvgIpc) is 3.41. The third-order valence-corrected chi connectivity index (χ3v) is 5.11. The lowest BCUT2D eigenvalue weighted by molar-refractivity contribution is -0.132. The Morgan fingerprint density at radius 2 is 1.93 bits per heavy atom. The van der Waals surface area contributed by atoms with Gasteiger partial charge in [0.15, 0.2) is 18.1 Å². The van der Waals surface area contributed by atoms with E-state index in [0.29, 0.717) is 6.54 Å². The molecule has 7 nitrogen and oxygen atoms in total. The summed E-state index contributed by atoms with van der Waals surface area (Å²) < 4.78 is 7.82. The molecule has 0 radical (unpaired) electrons. The van der Waals surface area contributed by atoms with E-state index in [0.717, 1.165) is 48.7 Å². The lowest BCUT2D eigenvalue weighted by Crippen LogP contribution is -2.32. The van der Waals surface area contributed by atoms with Gasteiger partial charge in [0.25, 0.3) is 5.91 Å². The van der Waals surface area contributed by atoms with E-state index in [1.165, 1.54) is 0 Å². The molecular formula is C21H25N5O2. The van der Waals surface area contributed by atoms with Crippen molar-refractivity contribution < 1.29 is 9.53 Å². The van der Waals surface area contributed by atoms with Crippen molar-refractivity contribution in [3.05, 3.63) is 60.0 Å². The number of nitrogens with zero attached hydrogens (tertiary/aromatic N) is 4. The number of carbonyl (C=O) groups is 1. The first kappa shape index (κ1) is 18.4. The van der Waals surface area contributed by atoms with Crippen LogP contribution in [0.25, 0.3) is 5.65 Å². The second-order valence-electron chi connectivity index (χ2n) is 7.07. The highest BCUT2D eigenvalue weighted by Crippen LogP contribution is 2.20. The highest BCUT2D eigenvalue weighted by Gasteiger charge is 2.19. The van der Waals surface area contributed by atoms with E-state index in [1.807, 2.05) is 58.0 Å². The molecule has 1 unspecified atom stereocenters. The Kier molecular flexibility index (Phi) is 5.53. The Balaban J connectivity index is 1.38. The average molecular weight is 379 g/mol. The smallest absolute Gasteiger partial charge is 0.260 e. The summed E-state index contributed by atoms with van der Waals surface area (Å²) in [6.45, 7) is 4.44. The molecule has 1 N–H and O–H groups in total. The number of aromatic nitrogens is 3. The van der Waals surface area contributed by atoms with Crippen molar-refractivity contribution in [1.29, 1.82) is 0 Å². The number of para-hydroxylation sites is 1. The molecule has 3 heterocycles. The Labute approximate surface area is 164 Å². The van der Waals surface area contributed by atoms with Gasteiger partial charge < -0.3 is 15.0 Å². The SMILES string of the molecule is CC(NCc1ccccc1OCC(=O)N1CCCC1)c1nnc2ccccn12. The summed E-state index contributed by atoms with van der Waals surface area (Å²) >= 11 is 0. The predicted octanol–water partition coefficient (Wildman–Crippen LogP) is 2.58. The number of amides is 1. The highest BCUT2D eigenvalue weighted by atomic mass is 16.5. The van der Waals surface area contributed by atoms with Gasteiger partial charge in [0, 0.05) is 31.4 Å². The van der Waals surface area contributed by atoms with Crippen LogP contribution >= 0.6 is 0 Å². The van der Waals surface area contributed by atoms with Crippen LogP contribution in [0.3, 0.4) is 0 Å². The van der Waals surface area contributed by atoms with Crippen LogP contribution in [0.4, 0.5) is 0 Å². The number of likely N-dealkylation sites (tertiary alicyclic amines) is 1. The Hall–Kier alpha value is -2.93. The van der Waals surface area contributed by atoms with Gasteiger partial charge in [0.1, 0.15) is 5.75 Å². The summed E-state index contributed by atoms with van der Waals surface area (Å²) in [4.78, 5) is 14.1. The lowest BCUT2D eigenvalue weighted by atomic mass is 10.2. The molecule has 1 fully saturated rings. The van der Waals surface area contributed by atoms with E-state index in [2.05, 4.69) is 22.4 Å². The van der Waals surface area contributed by atoms with Crippen molar-refractivity contribution in [3.63, 3.8) is 0 Å². The van der Waals surface area contributed by atoms with Gasteiger partial charge in [-0.25, -0.2) is 0 Å². The number of nitrogens with one attached hydrogen (secondary N) is 1. The molecule has 1 saturated heterocycles. The fourth-order valence-electron chi connectivity index (χ4n) is 3.50. The van der Waals surface area contributed by atoms with Crippen molar-refractivity contribution in [1.82, 2.24) is 24.8 Å². The number of pyridine rings is 1. The van der Waals surface area contributed by atoms with Gasteiger partial charge in [0.05, 0.1) is 6.04 Å². The van der Waals surface area contributed by atoms with Crippen LogP contribution in [-0.4, -0.2) is 45.1 Å². The standard InChI is InChI=1S/C21H25N5O2/c1-16(21-24-23-19-10-4-5-13-26(19)21)22-14-17-8-2-3-9-18(17)28-15-20(27)25-11-6-7-12-25/h2-5,8-10,13,16,22H,6-7,11-12,14-15H2,1H3. The van der Waals surface area contributed by atoms with Crippen molar-refractivity contribution >= 4 is 11.6 Å². The zero-order valence-corrected chi connectivity index (χ0v) is 16.0. The van der Waals surface area contributed by atoms with Crippen LogP contribution in [0.5, 0.6) is 5.75 Å². The number of benzene rings is 1. The molecule has 4 rings (SSSR count). The highest BCUT2D eigenvalue weighted by molar-refractivity contribution is 5.78. The maximum absolute atomic E-state index is 12.2. The molecule has 0 spiro atoms. The molecule has 1 aliphatic rings. The molecule has 0 aliphatic carbocycles. The fraction of sp³-hybridized carbons (Fsp3) is 0.381. The fourth-order valence-corrected chi connectivity index (χ4v) is 3.50. The number of fused-ring (bicyclic) bond motifs is 1. The Morgan fingerprint density at radius 3 is 2.79 bits per heavy atom. The first-order valence-electron chi connectivity index (χ1n) is 9.74. The molecule has 1 atom stereocenters. The van der Waals surface area contributed by atoms with Crippen LogP contribution in [0.1, 0.15) is 37.2 Å². The second kappa shape index (κ2) is 8.39. The van der Waals surface area contributed by atoms with Crippen LogP contribution in [-0.2, 0) is 11.3 Å². The minimum Gasteiger partial charge on any atom is -0.483 e. The maximum atomic E-state index is 12.2. The van der Waals surface area contributed by atoms with Crippen molar-refractivity contribution in [3.8, 4) is 5.75 Å². The van der Waals surface area contributed by atoms with Gasteiger partial charge >= 0.3 is 0 Å². The zero-order chi connectivity index (χ0) is 19.3. The van der Waals surface area contributed by atoms with Gasteiger partial charge in [-0.1, -0.05) is 24.3 Å². The first-order valence-corrected chi connectivity index (χ1v) is 9.74. The van der Waals surface area contributed by atoms with Crippen LogP contribution < -0.4 is 10.1 Å². The minimum absolute atomic E-state index is 0.0108. The molecule has 3 aromatic rings. The van der Waals surface area contributed by atoms with Crippen LogP contribution in [0.15, 0.2) is 48.7 Å². The van der Waals surface area contributed by atoms with Gasteiger partial charge in [-0.3, -0.25) is 9.20 Å². The normalized spacial score (nSPS) is 15.1. The number of ether oxygens (including phenoxy) is 1. The minimum atomic E-state index is 0.0108. The van der Waals surface area contributed by atoms with E-state index < -0.39 is 0 Å². The number of hydrogen-bond donors (Lipinski definition) is 1. The van der Waals surface area contributed by atoms with Crippen molar-refractivity contribution in [2.24, 2.45) is 0 Å².